The van der Waals surface area contributed by atoms with E-state index in [0.717, 1.165) is 11.5 Å². The Morgan fingerprint density at radius 1 is 1.24 bits per heavy atom. The second-order valence-corrected chi connectivity index (χ2v) is 4.42. The van der Waals surface area contributed by atoms with Gasteiger partial charge in [-0.2, -0.15) is 13.9 Å². The van der Waals surface area contributed by atoms with Gasteiger partial charge in [-0.25, -0.2) is 0 Å². The van der Waals surface area contributed by atoms with Gasteiger partial charge < -0.3 is 5.32 Å². The lowest BCUT2D eigenvalue weighted by atomic mass is 10.2. The lowest BCUT2D eigenvalue weighted by Crippen LogP contribution is -2.33. The fraction of sp³-hybridized carbons (Fsp3) is 0.0714. The van der Waals surface area contributed by atoms with E-state index in [0.29, 0.717) is 5.52 Å². The van der Waals surface area contributed by atoms with Crippen LogP contribution in [0.4, 0.5) is 14.5 Å². The molecule has 1 aromatic carbocycles. The van der Waals surface area contributed by atoms with Crippen LogP contribution in [-0.4, -0.2) is 21.1 Å². The zero-order chi connectivity index (χ0) is 14.9. The van der Waals surface area contributed by atoms with Crippen LogP contribution < -0.4 is 5.32 Å². The van der Waals surface area contributed by atoms with Gasteiger partial charge in [0.1, 0.15) is 5.69 Å². The number of carbonyl (C=O) groups is 1. The number of H-pyrrole nitrogens is 1. The van der Waals surface area contributed by atoms with Gasteiger partial charge in [0.2, 0.25) is 0 Å². The summed E-state index contributed by atoms with van der Waals surface area (Å²) in [4.78, 5) is 15.3. The van der Waals surface area contributed by atoms with Gasteiger partial charge in [0.05, 0.1) is 11.7 Å². The summed E-state index contributed by atoms with van der Waals surface area (Å²) >= 11 is 0. The van der Waals surface area contributed by atoms with Crippen molar-refractivity contribution in [1.29, 1.82) is 0 Å². The molecule has 1 amide bonds. The fourth-order valence-electron chi connectivity index (χ4n) is 1.89. The van der Waals surface area contributed by atoms with E-state index in [9.17, 15) is 13.6 Å². The Bertz CT molecular complexity index is 786. The fourth-order valence-corrected chi connectivity index (χ4v) is 1.89. The summed E-state index contributed by atoms with van der Waals surface area (Å²) in [6.45, 7) is 0. The van der Waals surface area contributed by atoms with Crippen molar-refractivity contribution in [2.24, 2.45) is 0 Å². The van der Waals surface area contributed by atoms with Gasteiger partial charge in [-0.3, -0.25) is 14.9 Å². The summed E-state index contributed by atoms with van der Waals surface area (Å²) in [5.74, 6) is -5.13. The van der Waals surface area contributed by atoms with E-state index in [-0.39, 0.29) is 5.69 Å². The zero-order valence-electron chi connectivity index (χ0n) is 10.7. The first-order valence-electron chi connectivity index (χ1n) is 6.11. The van der Waals surface area contributed by atoms with Crippen molar-refractivity contribution >= 4 is 22.5 Å². The molecule has 7 heteroatoms. The zero-order valence-corrected chi connectivity index (χ0v) is 10.7. The SMILES string of the molecule is O=C(Nc1ccc2cn[nH]c2c1)C(F)(F)c1ccccn1. The van der Waals surface area contributed by atoms with Crippen molar-refractivity contribution in [3.63, 3.8) is 0 Å². The summed E-state index contributed by atoms with van der Waals surface area (Å²) in [7, 11) is 0. The van der Waals surface area contributed by atoms with Gasteiger partial charge in [-0.15, -0.1) is 0 Å². The monoisotopic (exact) mass is 288 g/mol. The van der Waals surface area contributed by atoms with Gasteiger partial charge >= 0.3 is 11.8 Å². The molecule has 2 N–H and O–H groups in total. The van der Waals surface area contributed by atoms with Crippen LogP contribution in [0, 0.1) is 0 Å². The molecule has 0 radical (unpaired) electrons. The van der Waals surface area contributed by atoms with Crippen LogP contribution in [0.5, 0.6) is 0 Å². The van der Waals surface area contributed by atoms with Crippen molar-refractivity contribution in [3.05, 3.63) is 54.5 Å². The molecule has 106 valence electrons. The normalized spacial score (nSPS) is 11.5. The van der Waals surface area contributed by atoms with Crippen LogP contribution in [0.1, 0.15) is 5.69 Å². The third-order valence-corrected chi connectivity index (χ3v) is 2.97. The first-order valence-corrected chi connectivity index (χ1v) is 6.11. The Kier molecular flexibility index (Phi) is 3.09. The van der Waals surface area contributed by atoms with Crippen molar-refractivity contribution in [1.82, 2.24) is 15.2 Å². The Labute approximate surface area is 118 Å². The Morgan fingerprint density at radius 2 is 2.10 bits per heavy atom. The molecule has 0 aliphatic rings. The molecule has 21 heavy (non-hydrogen) atoms. The molecule has 2 heterocycles. The number of aromatic nitrogens is 3. The van der Waals surface area contributed by atoms with E-state index in [4.69, 9.17) is 0 Å². The number of anilines is 1. The highest BCUT2D eigenvalue weighted by Gasteiger charge is 2.42. The maximum absolute atomic E-state index is 14.0. The summed E-state index contributed by atoms with van der Waals surface area (Å²) in [5, 5.41) is 9.53. The van der Waals surface area contributed by atoms with Gasteiger partial charge in [-0.1, -0.05) is 6.07 Å². The topological polar surface area (TPSA) is 70.7 Å². The minimum atomic E-state index is -3.70. The molecule has 0 fully saturated rings. The Balaban J connectivity index is 1.85. The molecular weight excluding hydrogens is 278 g/mol. The first-order chi connectivity index (χ1) is 10.1. The van der Waals surface area contributed by atoms with Crippen LogP contribution in [0.25, 0.3) is 10.9 Å². The Morgan fingerprint density at radius 3 is 2.86 bits per heavy atom. The number of pyridine rings is 1. The average molecular weight is 288 g/mol. The van der Waals surface area contributed by atoms with Crippen LogP contribution >= 0.6 is 0 Å². The Hall–Kier alpha value is -2.83. The molecule has 0 saturated carbocycles. The molecule has 3 rings (SSSR count). The first kappa shape index (κ1) is 13.2. The maximum atomic E-state index is 14.0. The molecular formula is C14H10F2N4O. The van der Waals surface area contributed by atoms with Crippen molar-refractivity contribution in [2.45, 2.75) is 5.92 Å². The lowest BCUT2D eigenvalue weighted by molar-refractivity contribution is -0.141. The number of amides is 1. The van der Waals surface area contributed by atoms with E-state index in [2.05, 4.69) is 20.5 Å². The third-order valence-electron chi connectivity index (χ3n) is 2.97. The van der Waals surface area contributed by atoms with E-state index >= 15 is 0 Å². The summed E-state index contributed by atoms with van der Waals surface area (Å²) < 4.78 is 28.0. The van der Waals surface area contributed by atoms with Crippen molar-refractivity contribution in [3.8, 4) is 0 Å². The van der Waals surface area contributed by atoms with Crippen molar-refractivity contribution in [2.75, 3.05) is 5.32 Å². The summed E-state index contributed by atoms with van der Waals surface area (Å²) in [6, 6.07) is 8.76. The molecule has 5 nitrogen and oxygen atoms in total. The number of aromatic amines is 1. The number of halogens is 2. The van der Waals surface area contributed by atoms with Gasteiger partial charge in [0.15, 0.2) is 0 Å². The number of benzene rings is 1. The predicted octanol–water partition coefficient (Wildman–Crippen LogP) is 2.69. The quantitative estimate of drug-likeness (QED) is 0.778. The van der Waals surface area contributed by atoms with Gasteiger partial charge in [0.25, 0.3) is 0 Å². The standard InChI is InChI=1S/C14H10F2N4O/c15-14(16,12-3-1-2-6-17-12)13(21)19-10-5-4-9-8-18-20-11(9)7-10/h1-8H,(H,18,20)(H,19,21). The smallest absolute Gasteiger partial charge is 0.320 e. The molecule has 0 atom stereocenters. The van der Waals surface area contributed by atoms with Crippen LogP contribution in [-0.2, 0) is 10.7 Å². The number of nitrogens with zero attached hydrogens (tertiary/aromatic N) is 2. The largest absolute Gasteiger partial charge is 0.366 e. The van der Waals surface area contributed by atoms with Crippen molar-refractivity contribution < 1.29 is 13.6 Å². The minimum absolute atomic E-state index is 0.257. The number of rotatable bonds is 3. The second-order valence-electron chi connectivity index (χ2n) is 4.42. The third kappa shape index (κ3) is 2.45. The number of hydrogen-bond acceptors (Lipinski definition) is 3. The highest BCUT2D eigenvalue weighted by molar-refractivity contribution is 5.98. The molecule has 2 aromatic heterocycles. The van der Waals surface area contributed by atoms with Crippen LogP contribution in [0.3, 0.4) is 0 Å². The molecule has 0 aliphatic heterocycles. The van der Waals surface area contributed by atoms with E-state index < -0.39 is 17.5 Å². The molecule has 0 saturated heterocycles. The highest BCUT2D eigenvalue weighted by Crippen LogP contribution is 2.28. The predicted molar refractivity (Wildman–Crippen MR) is 72.9 cm³/mol. The number of alkyl halides is 2. The molecule has 0 unspecified atom stereocenters. The maximum Gasteiger partial charge on any atom is 0.366 e. The second kappa shape index (κ2) is 4.93. The number of fused-ring (bicyclic) bond motifs is 1. The van der Waals surface area contributed by atoms with Crippen LogP contribution in [0.15, 0.2) is 48.8 Å². The van der Waals surface area contributed by atoms with E-state index in [1.165, 1.54) is 30.5 Å². The molecule has 0 aliphatic carbocycles. The van der Waals surface area contributed by atoms with E-state index in [1.807, 2.05) is 0 Å². The van der Waals surface area contributed by atoms with Crippen LogP contribution in [0.2, 0.25) is 0 Å². The molecule has 0 bridgehead atoms. The van der Waals surface area contributed by atoms with E-state index in [1.54, 1.807) is 12.3 Å². The summed E-state index contributed by atoms with van der Waals surface area (Å²) in [6.07, 6.45) is 2.82. The lowest BCUT2D eigenvalue weighted by Gasteiger charge is -2.15. The minimum Gasteiger partial charge on any atom is -0.320 e. The molecule has 0 spiro atoms. The van der Waals surface area contributed by atoms with Gasteiger partial charge in [-0.05, 0) is 30.3 Å². The molecule has 3 aromatic rings. The average Bonchev–Trinajstić information content (AvgIpc) is 2.95. The van der Waals surface area contributed by atoms with Gasteiger partial charge in [0, 0.05) is 17.3 Å². The number of nitrogens with one attached hydrogen (secondary N) is 2. The number of carbonyl (C=O) groups excluding carboxylic acids is 1. The number of hydrogen-bond donors (Lipinski definition) is 2. The highest BCUT2D eigenvalue weighted by atomic mass is 19.3. The summed E-state index contributed by atoms with van der Waals surface area (Å²) in [5.41, 5.74) is 0.312.